The highest BCUT2D eigenvalue weighted by Crippen LogP contribution is 2.12. The topological polar surface area (TPSA) is 36.3 Å². The van der Waals surface area contributed by atoms with E-state index in [1.165, 1.54) is 0 Å². The van der Waals surface area contributed by atoms with Gasteiger partial charge in [0.15, 0.2) is 0 Å². The number of hydrogen-bond donors (Lipinski definition) is 0. The zero-order chi connectivity index (χ0) is 13.9. The predicted molar refractivity (Wildman–Crippen MR) is 81.8 cm³/mol. The van der Waals surface area contributed by atoms with Crippen molar-refractivity contribution in [3.05, 3.63) is 29.8 Å². The van der Waals surface area contributed by atoms with Crippen LogP contribution in [0.2, 0.25) is 0 Å². The molecule has 0 spiro atoms. The first-order chi connectivity index (χ1) is 9.30. The minimum atomic E-state index is 0.668. The van der Waals surface area contributed by atoms with Crippen LogP contribution in [-0.4, -0.2) is 42.6 Å². The van der Waals surface area contributed by atoms with E-state index in [4.69, 9.17) is 10.00 Å². The van der Waals surface area contributed by atoms with Gasteiger partial charge in [-0.1, -0.05) is 13.8 Å². The molecule has 0 amide bonds. The number of hydrogen-bond acceptors (Lipinski definition) is 4. The summed E-state index contributed by atoms with van der Waals surface area (Å²) in [6, 6.07) is 9.35. The summed E-state index contributed by atoms with van der Waals surface area (Å²) in [5.74, 6) is 2.99. The number of nitriles is 1. The van der Waals surface area contributed by atoms with Crippen LogP contribution in [0.15, 0.2) is 24.3 Å². The van der Waals surface area contributed by atoms with Crippen molar-refractivity contribution in [3.63, 3.8) is 0 Å². The standard InChI is InChI=1S/C15H22N2OS/c1-3-17(4-2)9-11-19-12-10-18-15-7-5-14(13-16)6-8-15/h5-8H,3-4,9-12H2,1-2H3. The molecule has 0 heterocycles. The van der Waals surface area contributed by atoms with E-state index in [0.29, 0.717) is 5.56 Å². The second-order valence-electron chi connectivity index (χ2n) is 4.12. The highest BCUT2D eigenvalue weighted by Gasteiger charge is 1.99. The molecule has 0 N–H and O–H groups in total. The molecule has 0 aliphatic carbocycles. The summed E-state index contributed by atoms with van der Waals surface area (Å²) in [5, 5.41) is 8.69. The minimum absolute atomic E-state index is 0.668. The molecular weight excluding hydrogens is 256 g/mol. The molecule has 0 aliphatic heterocycles. The Labute approximate surface area is 120 Å². The van der Waals surface area contributed by atoms with Crippen molar-refractivity contribution < 1.29 is 4.74 Å². The largest absolute Gasteiger partial charge is 0.493 e. The van der Waals surface area contributed by atoms with Crippen molar-refractivity contribution in [2.75, 3.05) is 37.7 Å². The van der Waals surface area contributed by atoms with E-state index in [2.05, 4.69) is 24.8 Å². The van der Waals surface area contributed by atoms with E-state index in [1.54, 1.807) is 12.1 Å². The molecule has 19 heavy (non-hydrogen) atoms. The summed E-state index contributed by atoms with van der Waals surface area (Å²) in [5.41, 5.74) is 0.668. The number of rotatable bonds is 9. The van der Waals surface area contributed by atoms with Crippen molar-refractivity contribution >= 4 is 11.8 Å². The molecule has 0 aromatic heterocycles. The zero-order valence-electron chi connectivity index (χ0n) is 11.8. The summed E-state index contributed by atoms with van der Waals surface area (Å²) in [6.07, 6.45) is 0. The van der Waals surface area contributed by atoms with E-state index in [-0.39, 0.29) is 0 Å². The van der Waals surface area contributed by atoms with Gasteiger partial charge in [-0.2, -0.15) is 17.0 Å². The molecule has 4 heteroatoms. The monoisotopic (exact) mass is 278 g/mol. The first-order valence-electron chi connectivity index (χ1n) is 6.73. The van der Waals surface area contributed by atoms with Crippen LogP contribution in [0, 0.1) is 11.3 Å². The summed E-state index contributed by atoms with van der Waals surface area (Å²) in [4.78, 5) is 2.43. The lowest BCUT2D eigenvalue weighted by molar-refractivity contribution is 0.323. The molecule has 0 atom stereocenters. The highest BCUT2D eigenvalue weighted by molar-refractivity contribution is 7.99. The average Bonchev–Trinajstić information content (AvgIpc) is 2.47. The summed E-state index contributed by atoms with van der Waals surface area (Å²) in [7, 11) is 0. The van der Waals surface area contributed by atoms with Crippen LogP contribution in [0.5, 0.6) is 5.75 Å². The fourth-order valence-corrected chi connectivity index (χ4v) is 2.47. The summed E-state index contributed by atoms with van der Waals surface area (Å²) >= 11 is 1.92. The van der Waals surface area contributed by atoms with Gasteiger partial charge in [-0.15, -0.1) is 0 Å². The minimum Gasteiger partial charge on any atom is -0.493 e. The van der Waals surface area contributed by atoms with Gasteiger partial charge in [-0.3, -0.25) is 0 Å². The average molecular weight is 278 g/mol. The third-order valence-corrected chi connectivity index (χ3v) is 3.85. The van der Waals surface area contributed by atoms with Crippen molar-refractivity contribution in [2.45, 2.75) is 13.8 Å². The van der Waals surface area contributed by atoms with E-state index in [0.717, 1.165) is 43.5 Å². The predicted octanol–water partition coefficient (Wildman–Crippen LogP) is 3.01. The van der Waals surface area contributed by atoms with Gasteiger partial charge in [0.2, 0.25) is 0 Å². The van der Waals surface area contributed by atoms with E-state index < -0.39 is 0 Å². The van der Waals surface area contributed by atoms with Gasteiger partial charge in [-0.05, 0) is 37.4 Å². The Morgan fingerprint density at radius 3 is 2.42 bits per heavy atom. The first kappa shape index (κ1) is 15.9. The molecule has 0 unspecified atom stereocenters. The van der Waals surface area contributed by atoms with Gasteiger partial charge in [0, 0.05) is 18.1 Å². The highest BCUT2D eigenvalue weighted by atomic mass is 32.2. The Morgan fingerprint density at radius 1 is 1.16 bits per heavy atom. The summed E-state index contributed by atoms with van der Waals surface area (Å²) < 4.78 is 5.62. The van der Waals surface area contributed by atoms with Crippen molar-refractivity contribution in [1.29, 1.82) is 5.26 Å². The van der Waals surface area contributed by atoms with E-state index >= 15 is 0 Å². The molecule has 0 saturated heterocycles. The molecule has 1 rings (SSSR count). The van der Waals surface area contributed by atoms with Gasteiger partial charge >= 0.3 is 0 Å². The zero-order valence-corrected chi connectivity index (χ0v) is 12.6. The lowest BCUT2D eigenvalue weighted by atomic mass is 10.2. The second-order valence-corrected chi connectivity index (χ2v) is 5.35. The van der Waals surface area contributed by atoms with Crippen LogP contribution in [-0.2, 0) is 0 Å². The Kier molecular flexibility index (Phi) is 8.11. The lowest BCUT2D eigenvalue weighted by Crippen LogP contribution is -2.25. The Balaban J connectivity index is 2.09. The molecule has 0 bridgehead atoms. The van der Waals surface area contributed by atoms with Crippen LogP contribution < -0.4 is 4.74 Å². The van der Waals surface area contributed by atoms with Gasteiger partial charge in [-0.25, -0.2) is 0 Å². The normalized spacial score (nSPS) is 10.4. The maximum absolute atomic E-state index is 8.69. The number of ether oxygens (including phenoxy) is 1. The quantitative estimate of drug-likeness (QED) is 0.651. The van der Waals surface area contributed by atoms with Crippen LogP contribution in [0.1, 0.15) is 19.4 Å². The first-order valence-corrected chi connectivity index (χ1v) is 7.88. The fourth-order valence-electron chi connectivity index (χ4n) is 1.68. The molecule has 0 fully saturated rings. The maximum atomic E-state index is 8.69. The van der Waals surface area contributed by atoms with Crippen LogP contribution >= 0.6 is 11.8 Å². The number of nitrogens with zero attached hydrogens (tertiary/aromatic N) is 2. The van der Waals surface area contributed by atoms with Gasteiger partial charge in [0.25, 0.3) is 0 Å². The molecule has 0 aliphatic rings. The van der Waals surface area contributed by atoms with Crippen molar-refractivity contribution in [3.8, 4) is 11.8 Å². The Bertz CT molecular complexity index is 382. The molecule has 1 aromatic carbocycles. The van der Waals surface area contributed by atoms with Gasteiger partial charge < -0.3 is 9.64 Å². The van der Waals surface area contributed by atoms with Crippen LogP contribution in [0.3, 0.4) is 0 Å². The molecule has 0 saturated carbocycles. The van der Waals surface area contributed by atoms with Gasteiger partial charge in [0.05, 0.1) is 18.2 Å². The smallest absolute Gasteiger partial charge is 0.119 e. The fraction of sp³-hybridized carbons (Fsp3) is 0.533. The molecule has 1 aromatic rings. The second kappa shape index (κ2) is 9.71. The maximum Gasteiger partial charge on any atom is 0.119 e. The van der Waals surface area contributed by atoms with E-state index in [9.17, 15) is 0 Å². The summed E-state index contributed by atoms with van der Waals surface area (Å²) in [6.45, 7) is 8.51. The van der Waals surface area contributed by atoms with E-state index in [1.807, 2.05) is 23.9 Å². The Morgan fingerprint density at radius 2 is 1.84 bits per heavy atom. The Hall–Kier alpha value is -1.18. The van der Waals surface area contributed by atoms with Crippen molar-refractivity contribution in [2.24, 2.45) is 0 Å². The molecule has 104 valence electrons. The number of benzene rings is 1. The van der Waals surface area contributed by atoms with Crippen molar-refractivity contribution in [1.82, 2.24) is 4.90 Å². The molecular formula is C15H22N2OS. The number of thioether (sulfide) groups is 1. The lowest BCUT2D eigenvalue weighted by Gasteiger charge is -2.17. The van der Waals surface area contributed by atoms with Gasteiger partial charge in [0.1, 0.15) is 5.75 Å². The third-order valence-electron chi connectivity index (χ3n) is 2.93. The van der Waals surface area contributed by atoms with Crippen LogP contribution in [0.25, 0.3) is 0 Å². The van der Waals surface area contributed by atoms with Crippen LogP contribution in [0.4, 0.5) is 0 Å². The molecule has 3 nitrogen and oxygen atoms in total. The molecule has 0 radical (unpaired) electrons. The SMILES string of the molecule is CCN(CC)CCSCCOc1ccc(C#N)cc1. The third kappa shape index (κ3) is 6.51.